The number of carbonyl (C=O) groups excluding carboxylic acids is 2. The topological polar surface area (TPSA) is 88.7 Å². The molecule has 0 aromatic heterocycles. The molecule has 1 aromatic rings. The smallest absolute Gasteiger partial charge is 0.257 e. The summed E-state index contributed by atoms with van der Waals surface area (Å²) in [7, 11) is 4.84. The molecule has 8 heteroatoms. The Hall–Kier alpha value is -1.99. The Morgan fingerprint density at radius 2 is 1.91 bits per heavy atom. The standard InChI is InChI=1S/C15H23N3O4.ClH/c1-10(16-2)8-18-15(20)11-5-6-12(13(7-11)21-4)22-9-14(19)17-3;/h5-7,10,16H,8-9H2,1-4H3,(H,17,19)(H,18,20);1H. The number of ether oxygens (including phenoxy) is 2. The summed E-state index contributed by atoms with van der Waals surface area (Å²) < 4.78 is 10.6. The van der Waals surface area contributed by atoms with Gasteiger partial charge in [0, 0.05) is 25.2 Å². The van der Waals surface area contributed by atoms with E-state index in [2.05, 4.69) is 16.0 Å². The Morgan fingerprint density at radius 1 is 1.22 bits per heavy atom. The number of hydrogen-bond acceptors (Lipinski definition) is 5. The van der Waals surface area contributed by atoms with Crippen molar-refractivity contribution in [3.8, 4) is 11.5 Å². The maximum absolute atomic E-state index is 12.1. The van der Waals surface area contributed by atoms with Gasteiger partial charge in [-0.3, -0.25) is 9.59 Å². The van der Waals surface area contributed by atoms with E-state index in [1.807, 2.05) is 14.0 Å². The van der Waals surface area contributed by atoms with Gasteiger partial charge in [0.25, 0.3) is 11.8 Å². The summed E-state index contributed by atoms with van der Waals surface area (Å²) in [5, 5.41) is 8.32. The summed E-state index contributed by atoms with van der Waals surface area (Å²) in [6.07, 6.45) is 0. The van der Waals surface area contributed by atoms with Crippen molar-refractivity contribution in [2.45, 2.75) is 13.0 Å². The lowest BCUT2D eigenvalue weighted by Crippen LogP contribution is -2.37. The van der Waals surface area contributed by atoms with Crippen LogP contribution in [0.1, 0.15) is 17.3 Å². The minimum Gasteiger partial charge on any atom is -0.493 e. The van der Waals surface area contributed by atoms with Crippen molar-refractivity contribution in [2.75, 3.05) is 34.4 Å². The van der Waals surface area contributed by atoms with Gasteiger partial charge >= 0.3 is 0 Å². The predicted octanol–water partition coefficient (Wildman–Crippen LogP) is 0.579. The number of amides is 2. The Morgan fingerprint density at radius 3 is 2.48 bits per heavy atom. The molecule has 1 rings (SSSR count). The van der Waals surface area contributed by atoms with Crippen molar-refractivity contribution < 1.29 is 19.1 Å². The van der Waals surface area contributed by atoms with Gasteiger partial charge in [0.1, 0.15) is 0 Å². The highest BCUT2D eigenvalue weighted by Gasteiger charge is 2.12. The lowest BCUT2D eigenvalue weighted by atomic mass is 10.2. The van der Waals surface area contributed by atoms with E-state index in [0.29, 0.717) is 23.6 Å². The zero-order valence-electron chi connectivity index (χ0n) is 13.8. The van der Waals surface area contributed by atoms with Crippen LogP contribution in [0.4, 0.5) is 0 Å². The van der Waals surface area contributed by atoms with Gasteiger partial charge in [-0.25, -0.2) is 0 Å². The van der Waals surface area contributed by atoms with Crippen LogP contribution in [0.2, 0.25) is 0 Å². The fraction of sp³-hybridized carbons (Fsp3) is 0.467. The molecule has 0 heterocycles. The molecule has 0 fully saturated rings. The quantitative estimate of drug-likeness (QED) is 0.641. The Labute approximate surface area is 142 Å². The van der Waals surface area contributed by atoms with Crippen LogP contribution in [0.25, 0.3) is 0 Å². The fourth-order valence-electron chi connectivity index (χ4n) is 1.59. The Balaban J connectivity index is 0.00000484. The van der Waals surface area contributed by atoms with Crippen LogP contribution < -0.4 is 25.4 Å². The van der Waals surface area contributed by atoms with Crippen molar-refractivity contribution in [2.24, 2.45) is 0 Å². The van der Waals surface area contributed by atoms with Crippen LogP contribution in [-0.4, -0.2) is 52.2 Å². The van der Waals surface area contributed by atoms with E-state index in [1.54, 1.807) is 18.2 Å². The third-order valence-electron chi connectivity index (χ3n) is 3.13. The van der Waals surface area contributed by atoms with Crippen LogP contribution in [0.3, 0.4) is 0 Å². The third kappa shape index (κ3) is 6.75. The summed E-state index contributed by atoms with van der Waals surface area (Å²) in [4.78, 5) is 23.2. The van der Waals surface area contributed by atoms with E-state index in [1.165, 1.54) is 14.2 Å². The first-order chi connectivity index (χ1) is 10.5. The van der Waals surface area contributed by atoms with Crippen molar-refractivity contribution in [3.63, 3.8) is 0 Å². The minimum atomic E-state index is -0.245. The molecule has 3 N–H and O–H groups in total. The number of rotatable bonds is 8. The van der Waals surface area contributed by atoms with Gasteiger partial charge in [-0.2, -0.15) is 0 Å². The maximum atomic E-state index is 12.1. The van der Waals surface area contributed by atoms with E-state index in [4.69, 9.17) is 9.47 Å². The number of carbonyl (C=O) groups is 2. The highest BCUT2D eigenvalue weighted by Crippen LogP contribution is 2.28. The molecule has 1 aromatic carbocycles. The monoisotopic (exact) mass is 345 g/mol. The van der Waals surface area contributed by atoms with Crippen molar-refractivity contribution >= 4 is 24.2 Å². The number of likely N-dealkylation sites (N-methyl/N-ethyl adjacent to an activating group) is 2. The number of halogens is 1. The molecule has 0 saturated carbocycles. The van der Waals surface area contributed by atoms with Gasteiger partial charge < -0.3 is 25.4 Å². The summed E-state index contributed by atoms with van der Waals surface area (Å²) in [6.45, 7) is 2.38. The molecular weight excluding hydrogens is 322 g/mol. The number of hydrogen-bond donors (Lipinski definition) is 3. The first-order valence-corrected chi connectivity index (χ1v) is 6.98. The fourth-order valence-corrected chi connectivity index (χ4v) is 1.59. The van der Waals surface area contributed by atoms with Crippen LogP contribution in [0.5, 0.6) is 11.5 Å². The average Bonchev–Trinajstić information content (AvgIpc) is 2.56. The molecule has 2 amide bonds. The average molecular weight is 346 g/mol. The summed E-state index contributed by atoms with van der Waals surface area (Å²) in [5.74, 6) is 0.368. The van der Waals surface area contributed by atoms with Crippen LogP contribution in [0, 0.1) is 0 Å². The first kappa shape index (κ1) is 21.0. The van der Waals surface area contributed by atoms with Gasteiger partial charge in [-0.05, 0) is 32.2 Å². The molecule has 0 aliphatic carbocycles. The molecule has 0 radical (unpaired) electrons. The summed E-state index contributed by atoms with van der Waals surface area (Å²) >= 11 is 0. The second-order valence-electron chi connectivity index (χ2n) is 4.73. The predicted molar refractivity (Wildman–Crippen MR) is 90.7 cm³/mol. The molecule has 1 unspecified atom stereocenters. The Kier molecular flexibility index (Phi) is 9.76. The van der Waals surface area contributed by atoms with E-state index in [-0.39, 0.29) is 36.9 Å². The molecule has 0 aliphatic heterocycles. The lowest BCUT2D eigenvalue weighted by molar-refractivity contribution is -0.122. The van der Waals surface area contributed by atoms with Crippen LogP contribution in [-0.2, 0) is 4.79 Å². The number of nitrogens with one attached hydrogen (secondary N) is 3. The van der Waals surface area contributed by atoms with Gasteiger partial charge in [0.2, 0.25) is 0 Å². The lowest BCUT2D eigenvalue weighted by Gasteiger charge is -2.13. The molecule has 130 valence electrons. The van der Waals surface area contributed by atoms with Crippen molar-refractivity contribution in [1.82, 2.24) is 16.0 Å². The van der Waals surface area contributed by atoms with Crippen molar-refractivity contribution in [3.05, 3.63) is 23.8 Å². The SMILES string of the molecule is CNC(=O)COc1ccc(C(=O)NCC(C)NC)cc1OC.Cl. The summed E-state index contributed by atoms with van der Waals surface area (Å²) in [6, 6.07) is 5.00. The molecule has 23 heavy (non-hydrogen) atoms. The maximum Gasteiger partial charge on any atom is 0.257 e. The molecular formula is C15H24ClN3O4. The molecule has 0 saturated heterocycles. The van der Waals surface area contributed by atoms with Crippen molar-refractivity contribution in [1.29, 1.82) is 0 Å². The van der Waals surface area contributed by atoms with E-state index >= 15 is 0 Å². The van der Waals surface area contributed by atoms with Gasteiger partial charge in [-0.15, -0.1) is 12.4 Å². The summed E-state index contributed by atoms with van der Waals surface area (Å²) in [5.41, 5.74) is 0.465. The highest BCUT2D eigenvalue weighted by atomic mass is 35.5. The minimum absolute atomic E-state index is 0. The second kappa shape index (κ2) is 10.7. The zero-order chi connectivity index (χ0) is 16.5. The first-order valence-electron chi connectivity index (χ1n) is 6.98. The highest BCUT2D eigenvalue weighted by molar-refractivity contribution is 5.94. The largest absolute Gasteiger partial charge is 0.493 e. The van der Waals surface area contributed by atoms with Gasteiger partial charge in [-0.1, -0.05) is 0 Å². The van der Waals surface area contributed by atoms with Crippen LogP contribution >= 0.6 is 12.4 Å². The molecule has 7 nitrogen and oxygen atoms in total. The molecule has 0 aliphatic rings. The number of methoxy groups -OCH3 is 1. The van der Waals surface area contributed by atoms with E-state index in [9.17, 15) is 9.59 Å². The van der Waals surface area contributed by atoms with Gasteiger partial charge in [0.05, 0.1) is 7.11 Å². The number of benzene rings is 1. The van der Waals surface area contributed by atoms with Crippen LogP contribution in [0.15, 0.2) is 18.2 Å². The molecule has 0 bridgehead atoms. The second-order valence-corrected chi connectivity index (χ2v) is 4.73. The van der Waals surface area contributed by atoms with Gasteiger partial charge in [0.15, 0.2) is 18.1 Å². The normalized spacial score (nSPS) is 11.0. The molecule has 1 atom stereocenters. The Bertz CT molecular complexity index is 525. The van der Waals surface area contributed by atoms with E-state index in [0.717, 1.165) is 0 Å². The molecule has 0 spiro atoms. The van der Waals surface area contributed by atoms with E-state index < -0.39 is 0 Å². The zero-order valence-corrected chi connectivity index (χ0v) is 14.6. The third-order valence-corrected chi connectivity index (χ3v) is 3.13.